The molecule has 2 heterocycles. The van der Waals surface area contributed by atoms with Crippen LogP contribution in [0.5, 0.6) is 5.75 Å². The van der Waals surface area contributed by atoms with Crippen molar-refractivity contribution in [1.82, 2.24) is 20.2 Å². The lowest BCUT2D eigenvalue weighted by atomic mass is 10.1. The number of urea groups is 1. The molecule has 1 aromatic carbocycles. The molecule has 25 heavy (non-hydrogen) atoms. The van der Waals surface area contributed by atoms with Gasteiger partial charge in [0.25, 0.3) is 0 Å². The molecule has 7 heteroatoms. The number of imidazole rings is 1. The van der Waals surface area contributed by atoms with E-state index < -0.39 is 0 Å². The van der Waals surface area contributed by atoms with Gasteiger partial charge in [0.15, 0.2) is 0 Å². The normalized spacial score (nSPS) is 11.8. The molecule has 2 N–H and O–H groups in total. The van der Waals surface area contributed by atoms with Gasteiger partial charge in [-0.2, -0.15) is 0 Å². The first-order valence-corrected chi connectivity index (χ1v) is 8.73. The molecule has 0 aliphatic rings. The molecule has 3 aromatic rings. The van der Waals surface area contributed by atoms with Gasteiger partial charge in [-0.15, -0.1) is 11.3 Å². The van der Waals surface area contributed by atoms with E-state index in [9.17, 15) is 4.79 Å². The number of carbonyl (C=O) groups excluding carboxylic acids is 1. The third kappa shape index (κ3) is 4.19. The van der Waals surface area contributed by atoms with Gasteiger partial charge >= 0.3 is 6.03 Å². The number of benzene rings is 1. The third-order valence-electron chi connectivity index (χ3n) is 3.84. The Morgan fingerprint density at radius 2 is 2.12 bits per heavy atom. The van der Waals surface area contributed by atoms with Crippen molar-refractivity contribution in [3.8, 4) is 5.75 Å². The zero-order valence-corrected chi connectivity index (χ0v) is 14.9. The molecule has 130 valence electrons. The van der Waals surface area contributed by atoms with Crippen molar-refractivity contribution in [2.75, 3.05) is 7.11 Å². The highest BCUT2D eigenvalue weighted by Crippen LogP contribution is 2.23. The summed E-state index contributed by atoms with van der Waals surface area (Å²) in [6.07, 6.45) is 3.58. The minimum Gasteiger partial charge on any atom is -0.497 e. The molecule has 3 rings (SSSR count). The summed E-state index contributed by atoms with van der Waals surface area (Å²) in [5.74, 6) is 1.53. The number of hydrogen-bond acceptors (Lipinski definition) is 4. The smallest absolute Gasteiger partial charge is 0.315 e. The SMILES string of the molecule is COc1ccc(C(NC(=O)NCc2cccs2)c2nccn2C)cc1. The molecule has 0 spiro atoms. The summed E-state index contributed by atoms with van der Waals surface area (Å²) in [6.45, 7) is 0.499. The molecule has 0 aliphatic heterocycles. The largest absolute Gasteiger partial charge is 0.497 e. The summed E-state index contributed by atoms with van der Waals surface area (Å²) < 4.78 is 7.10. The van der Waals surface area contributed by atoms with Crippen molar-refractivity contribution in [2.45, 2.75) is 12.6 Å². The number of aryl methyl sites for hydroxylation is 1. The molecule has 6 nitrogen and oxygen atoms in total. The summed E-state index contributed by atoms with van der Waals surface area (Å²) in [7, 11) is 3.53. The second kappa shape index (κ2) is 7.85. The van der Waals surface area contributed by atoms with Crippen molar-refractivity contribution in [3.63, 3.8) is 0 Å². The summed E-state index contributed by atoms with van der Waals surface area (Å²) in [4.78, 5) is 17.9. The van der Waals surface area contributed by atoms with Crippen LogP contribution in [0.4, 0.5) is 4.79 Å². The van der Waals surface area contributed by atoms with Gasteiger partial charge in [-0.1, -0.05) is 18.2 Å². The van der Waals surface area contributed by atoms with Crippen LogP contribution in [0.15, 0.2) is 54.2 Å². The highest BCUT2D eigenvalue weighted by atomic mass is 32.1. The average Bonchev–Trinajstić information content (AvgIpc) is 3.30. The van der Waals surface area contributed by atoms with Gasteiger partial charge in [0.1, 0.15) is 17.6 Å². The van der Waals surface area contributed by atoms with Gasteiger partial charge < -0.3 is 19.9 Å². The van der Waals surface area contributed by atoms with Gasteiger partial charge in [-0.05, 0) is 29.1 Å². The lowest BCUT2D eigenvalue weighted by molar-refractivity contribution is 0.238. The molecule has 0 bridgehead atoms. The zero-order valence-electron chi connectivity index (χ0n) is 14.1. The topological polar surface area (TPSA) is 68.2 Å². The summed E-state index contributed by atoms with van der Waals surface area (Å²) in [6, 6.07) is 11.0. The van der Waals surface area contributed by atoms with Crippen molar-refractivity contribution in [2.24, 2.45) is 7.05 Å². The minimum absolute atomic E-state index is 0.239. The Bertz CT molecular complexity index is 812. The van der Waals surface area contributed by atoms with Gasteiger partial charge in [-0.3, -0.25) is 0 Å². The standard InChI is InChI=1S/C18H20N4O2S/c1-22-10-9-19-17(22)16(13-5-7-14(24-2)8-6-13)21-18(23)20-12-15-4-3-11-25-15/h3-11,16H,12H2,1-2H3,(H2,20,21,23). The van der Waals surface area contributed by atoms with Crippen molar-refractivity contribution in [3.05, 3.63) is 70.4 Å². The second-order valence-electron chi connectivity index (χ2n) is 5.51. The monoisotopic (exact) mass is 356 g/mol. The summed E-state index contributed by atoms with van der Waals surface area (Å²) in [5.41, 5.74) is 0.932. The minimum atomic E-state index is -0.353. The first-order valence-electron chi connectivity index (χ1n) is 7.85. The number of hydrogen-bond donors (Lipinski definition) is 2. The molecule has 1 unspecified atom stereocenters. The number of thiophene rings is 1. The highest BCUT2D eigenvalue weighted by Gasteiger charge is 2.20. The lowest BCUT2D eigenvalue weighted by Gasteiger charge is -2.19. The Hall–Kier alpha value is -2.80. The van der Waals surface area contributed by atoms with E-state index >= 15 is 0 Å². The van der Waals surface area contributed by atoms with E-state index in [0.29, 0.717) is 6.54 Å². The van der Waals surface area contributed by atoms with Gasteiger partial charge in [0, 0.05) is 24.3 Å². The van der Waals surface area contributed by atoms with Crippen LogP contribution in [0.2, 0.25) is 0 Å². The molecular weight excluding hydrogens is 336 g/mol. The molecule has 0 fully saturated rings. The van der Waals surface area contributed by atoms with E-state index in [0.717, 1.165) is 22.0 Å². The van der Waals surface area contributed by atoms with E-state index in [1.165, 1.54) is 0 Å². The second-order valence-corrected chi connectivity index (χ2v) is 6.54. The predicted octanol–water partition coefficient (Wildman–Crippen LogP) is 3.08. The maximum absolute atomic E-state index is 12.4. The van der Waals surface area contributed by atoms with Crippen LogP contribution in [-0.2, 0) is 13.6 Å². The van der Waals surface area contributed by atoms with Gasteiger partial charge in [-0.25, -0.2) is 9.78 Å². The molecule has 2 amide bonds. The maximum Gasteiger partial charge on any atom is 0.315 e. The Morgan fingerprint density at radius 1 is 1.32 bits per heavy atom. The molecule has 0 aliphatic carbocycles. The third-order valence-corrected chi connectivity index (χ3v) is 4.72. The number of nitrogens with zero attached hydrogens (tertiary/aromatic N) is 2. The average molecular weight is 356 g/mol. The first kappa shape index (κ1) is 17.0. The van der Waals surface area contributed by atoms with Crippen LogP contribution < -0.4 is 15.4 Å². The number of ether oxygens (including phenoxy) is 1. The fourth-order valence-corrected chi connectivity index (χ4v) is 3.16. The lowest BCUT2D eigenvalue weighted by Crippen LogP contribution is -2.38. The van der Waals surface area contributed by atoms with Crippen molar-refractivity contribution < 1.29 is 9.53 Å². The number of aromatic nitrogens is 2. The van der Waals surface area contributed by atoms with Crippen LogP contribution >= 0.6 is 11.3 Å². The fourth-order valence-electron chi connectivity index (χ4n) is 2.51. The highest BCUT2D eigenvalue weighted by molar-refractivity contribution is 7.09. The first-order chi connectivity index (χ1) is 12.2. The van der Waals surface area contributed by atoms with Crippen LogP contribution in [-0.4, -0.2) is 22.7 Å². The van der Waals surface area contributed by atoms with Crippen LogP contribution in [0, 0.1) is 0 Å². The Balaban J connectivity index is 1.76. The molecule has 0 saturated heterocycles. The number of amides is 2. The number of rotatable bonds is 6. The predicted molar refractivity (Wildman–Crippen MR) is 97.7 cm³/mol. The quantitative estimate of drug-likeness (QED) is 0.713. The van der Waals surface area contributed by atoms with Crippen LogP contribution in [0.3, 0.4) is 0 Å². The molecule has 2 aromatic heterocycles. The molecule has 0 saturated carbocycles. The van der Waals surface area contributed by atoms with Gasteiger partial charge in [0.05, 0.1) is 13.7 Å². The molecular formula is C18H20N4O2S. The Kier molecular flexibility index (Phi) is 5.35. The van der Waals surface area contributed by atoms with E-state index in [1.807, 2.05) is 59.6 Å². The summed E-state index contributed by atoms with van der Waals surface area (Å²) >= 11 is 1.61. The fraction of sp³-hybridized carbons (Fsp3) is 0.222. The molecule has 0 radical (unpaired) electrons. The maximum atomic E-state index is 12.4. The number of methoxy groups -OCH3 is 1. The Labute approximate surface area is 150 Å². The van der Waals surface area contributed by atoms with E-state index in [2.05, 4.69) is 15.6 Å². The zero-order chi connectivity index (χ0) is 17.6. The molecule has 1 atom stereocenters. The van der Waals surface area contributed by atoms with Crippen LogP contribution in [0.1, 0.15) is 22.3 Å². The number of nitrogens with one attached hydrogen (secondary N) is 2. The van der Waals surface area contributed by atoms with E-state index in [-0.39, 0.29) is 12.1 Å². The van der Waals surface area contributed by atoms with Crippen molar-refractivity contribution >= 4 is 17.4 Å². The van der Waals surface area contributed by atoms with E-state index in [1.54, 1.807) is 24.6 Å². The van der Waals surface area contributed by atoms with Crippen LogP contribution in [0.25, 0.3) is 0 Å². The van der Waals surface area contributed by atoms with Gasteiger partial charge in [0.2, 0.25) is 0 Å². The number of carbonyl (C=O) groups is 1. The summed E-state index contributed by atoms with van der Waals surface area (Å²) in [5, 5.41) is 7.88. The van der Waals surface area contributed by atoms with Crippen molar-refractivity contribution in [1.29, 1.82) is 0 Å². The Morgan fingerprint density at radius 3 is 2.72 bits per heavy atom. The van der Waals surface area contributed by atoms with E-state index in [4.69, 9.17) is 4.74 Å².